The monoisotopic (exact) mass is 200 g/mol. The maximum Gasteiger partial charge on any atom is 0.0226 e. The van der Waals surface area contributed by atoms with E-state index in [9.17, 15) is 0 Å². The Hall–Kier alpha value is -0.0600. The Labute approximate surface area is 80.7 Å². The van der Waals surface area contributed by atoms with Crippen LogP contribution in [-0.4, -0.2) is 18.7 Å². The van der Waals surface area contributed by atoms with Crippen molar-refractivity contribution in [2.24, 2.45) is 0 Å². The van der Waals surface area contributed by atoms with Crippen molar-refractivity contribution in [1.29, 1.82) is 0 Å². The van der Waals surface area contributed by atoms with Gasteiger partial charge in [-0.15, -0.1) is 11.6 Å². The minimum absolute atomic E-state index is 0.0340. The third kappa shape index (κ3) is 3.13. The third-order valence-electron chi connectivity index (χ3n) is 1.82. The molecule has 2 heteroatoms. The van der Waals surface area contributed by atoms with Crippen molar-refractivity contribution in [2.75, 3.05) is 18.7 Å². The highest BCUT2D eigenvalue weighted by Gasteiger charge is 2.01. The second kappa shape index (κ2) is 5.56. The first-order valence-corrected chi connectivity index (χ1v) is 6.67. The molecule has 66 valence electrons. The highest BCUT2D eigenvalue weighted by atomic mass is 35.5. The van der Waals surface area contributed by atoms with E-state index in [2.05, 4.69) is 37.0 Å². The lowest BCUT2D eigenvalue weighted by Gasteiger charge is -2.10. The quantitative estimate of drug-likeness (QED) is 0.518. The third-order valence-corrected chi connectivity index (χ3v) is 4.26. The van der Waals surface area contributed by atoms with Crippen LogP contribution in [0.25, 0.3) is 0 Å². The summed E-state index contributed by atoms with van der Waals surface area (Å²) in [6, 6.07) is 10.7. The zero-order valence-corrected chi connectivity index (χ0v) is 8.98. The average Bonchev–Trinajstić information content (AvgIpc) is 2.15. The number of benzene rings is 1. The first kappa shape index (κ1) is 10.0. The van der Waals surface area contributed by atoms with Crippen molar-refractivity contribution in [2.45, 2.75) is 6.42 Å². The number of hydrogen-bond acceptors (Lipinski definition) is 0. The van der Waals surface area contributed by atoms with E-state index < -0.39 is 0 Å². The van der Waals surface area contributed by atoms with Crippen LogP contribution in [0.5, 0.6) is 0 Å². The average molecular weight is 201 g/mol. The SMILES string of the molecule is CP(CCCCl)c1ccccc1. The predicted octanol–water partition coefficient (Wildman–Crippen LogP) is 3.05. The zero-order chi connectivity index (χ0) is 8.81. The molecule has 12 heavy (non-hydrogen) atoms. The molecular weight excluding hydrogens is 187 g/mol. The van der Waals surface area contributed by atoms with Crippen LogP contribution >= 0.6 is 19.5 Å². The molecule has 0 aliphatic heterocycles. The summed E-state index contributed by atoms with van der Waals surface area (Å²) in [4.78, 5) is 0. The minimum atomic E-state index is 0.0340. The summed E-state index contributed by atoms with van der Waals surface area (Å²) in [6.07, 6.45) is 2.39. The summed E-state index contributed by atoms with van der Waals surface area (Å²) in [5.74, 6) is 0.791. The minimum Gasteiger partial charge on any atom is -0.127 e. The lowest BCUT2D eigenvalue weighted by atomic mass is 10.4. The molecule has 0 fully saturated rings. The lowest BCUT2D eigenvalue weighted by molar-refractivity contribution is 1.11. The fraction of sp³-hybridized carbons (Fsp3) is 0.400. The number of alkyl halides is 1. The molecule has 0 aliphatic rings. The highest BCUT2D eigenvalue weighted by Crippen LogP contribution is 2.29. The Morgan fingerprint density at radius 1 is 1.25 bits per heavy atom. The Kier molecular flexibility index (Phi) is 4.65. The van der Waals surface area contributed by atoms with Gasteiger partial charge in [-0.1, -0.05) is 38.3 Å². The van der Waals surface area contributed by atoms with Crippen LogP contribution in [0.1, 0.15) is 6.42 Å². The van der Waals surface area contributed by atoms with Crippen LogP contribution in [-0.2, 0) is 0 Å². The maximum atomic E-state index is 5.64. The van der Waals surface area contributed by atoms with E-state index in [-0.39, 0.29) is 7.92 Å². The molecule has 1 atom stereocenters. The summed E-state index contributed by atoms with van der Waals surface area (Å²) >= 11 is 5.64. The normalized spacial score (nSPS) is 12.8. The van der Waals surface area contributed by atoms with E-state index in [1.165, 1.54) is 11.5 Å². The van der Waals surface area contributed by atoms with Crippen molar-refractivity contribution >= 4 is 24.8 Å². The summed E-state index contributed by atoms with van der Waals surface area (Å²) in [6.45, 7) is 2.32. The first-order chi connectivity index (χ1) is 5.84. The first-order valence-electron chi connectivity index (χ1n) is 4.16. The van der Waals surface area contributed by atoms with Gasteiger partial charge >= 0.3 is 0 Å². The van der Waals surface area contributed by atoms with Crippen molar-refractivity contribution in [3.8, 4) is 0 Å². The maximum absolute atomic E-state index is 5.64. The molecule has 0 saturated heterocycles. The summed E-state index contributed by atoms with van der Waals surface area (Å²) < 4.78 is 0. The van der Waals surface area contributed by atoms with Crippen LogP contribution in [0, 0.1) is 0 Å². The lowest BCUT2D eigenvalue weighted by Crippen LogP contribution is -2.01. The standard InChI is InChI=1S/C10H14ClP/c1-12(9-5-8-11)10-6-3-2-4-7-10/h2-4,6-7H,5,8-9H2,1H3. The molecule has 0 heterocycles. The van der Waals surface area contributed by atoms with Gasteiger partial charge < -0.3 is 0 Å². The molecule has 1 unspecified atom stereocenters. The van der Waals surface area contributed by atoms with E-state index in [1.54, 1.807) is 0 Å². The van der Waals surface area contributed by atoms with Gasteiger partial charge in [-0.2, -0.15) is 0 Å². The van der Waals surface area contributed by atoms with Gasteiger partial charge in [-0.25, -0.2) is 0 Å². The number of halogens is 1. The Bertz CT molecular complexity index is 210. The Balaban J connectivity index is 2.48. The summed E-state index contributed by atoms with van der Waals surface area (Å²) in [5.41, 5.74) is 0. The number of rotatable bonds is 4. The van der Waals surface area contributed by atoms with Crippen molar-refractivity contribution < 1.29 is 0 Å². The van der Waals surface area contributed by atoms with Gasteiger partial charge in [0.25, 0.3) is 0 Å². The molecule has 0 bridgehead atoms. The fourth-order valence-corrected chi connectivity index (χ4v) is 3.00. The molecule has 0 nitrogen and oxygen atoms in total. The Morgan fingerprint density at radius 2 is 1.92 bits per heavy atom. The van der Waals surface area contributed by atoms with Gasteiger partial charge in [0.2, 0.25) is 0 Å². The molecule has 1 aromatic carbocycles. The summed E-state index contributed by atoms with van der Waals surface area (Å²) in [7, 11) is 0.0340. The topological polar surface area (TPSA) is 0 Å². The molecule has 1 rings (SSSR count). The van der Waals surface area contributed by atoms with Crippen LogP contribution in [0.4, 0.5) is 0 Å². The van der Waals surface area contributed by atoms with Gasteiger partial charge in [-0.3, -0.25) is 0 Å². The van der Waals surface area contributed by atoms with Crippen LogP contribution in [0.2, 0.25) is 0 Å². The van der Waals surface area contributed by atoms with E-state index in [0.29, 0.717) is 0 Å². The van der Waals surface area contributed by atoms with E-state index in [0.717, 1.165) is 12.3 Å². The van der Waals surface area contributed by atoms with Crippen LogP contribution in [0.15, 0.2) is 30.3 Å². The van der Waals surface area contributed by atoms with Crippen LogP contribution in [0.3, 0.4) is 0 Å². The largest absolute Gasteiger partial charge is 0.127 e. The predicted molar refractivity (Wildman–Crippen MR) is 59.1 cm³/mol. The molecule has 0 saturated carbocycles. The van der Waals surface area contributed by atoms with Gasteiger partial charge in [-0.05, 0) is 24.6 Å². The smallest absolute Gasteiger partial charge is 0.0226 e. The van der Waals surface area contributed by atoms with Gasteiger partial charge in [0.15, 0.2) is 0 Å². The van der Waals surface area contributed by atoms with Gasteiger partial charge in [0, 0.05) is 5.88 Å². The molecule has 1 aromatic rings. The van der Waals surface area contributed by atoms with Gasteiger partial charge in [0.05, 0.1) is 0 Å². The molecule has 0 aromatic heterocycles. The summed E-state index contributed by atoms with van der Waals surface area (Å²) in [5, 5.41) is 1.48. The van der Waals surface area contributed by atoms with Crippen molar-refractivity contribution in [3.63, 3.8) is 0 Å². The van der Waals surface area contributed by atoms with E-state index in [4.69, 9.17) is 11.6 Å². The highest BCUT2D eigenvalue weighted by molar-refractivity contribution is 7.64. The second-order valence-corrected chi connectivity index (χ2v) is 5.54. The van der Waals surface area contributed by atoms with Crippen molar-refractivity contribution in [3.05, 3.63) is 30.3 Å². The van der Waals surface area contributed by atoms with Crippen molar-refractivity contribution in [1.82, 2.24) is 0 Å². The molecule has 0 N–H and O–H groups in total. The molecular formula is C10H14ClP. The van der Waals surface area contributed by atoms with E-state index in [1.807, 2.05) is 0 Å². The zero-order valence-electron chi connectivity index (χ0n) is 7.33. The Morgan fingerprint density at radius 3 is 2.50 bits per heavy atom. The van der Waals surface area contributed by atoms with Crippen LogP contribution < -0.4 is 5.30 Å². The number of hydrogen-bond donors (Lipinski definition) is 0. The molecule has 0 aliphatic carbocycles. The second-order valence-electron chi connectivity index (χ2n) is 2.80. The molecule has 0 radical (unpaired) electrons. The molecule has 0 amide bonds. The fourth-order valence-electron chi connectivity index (χ4n) is 1.11. The van der Waals surface area contributed by atoms with E-state index >= 15 is 0 Å². The van der Waals surface area contributed by atoms with Gasteiger partial charge in [0.1, 0.15) is 0 Å². The molecule has 0 spiro atoms.